The van der Waals surface area contributed by atoms with Crippen molar-refractivity contribution in [2.45, 2.75) is 0 Å². The smallest absolute Gasteiger partial charge is 0.135 e. The Bertz CT molecular complexity index is 412. The third-order valence-corrected chi connectivity index (χ3v) is 2.67. The van der Waals surface area contributed by atoms with Gasteiger partial charge in [0.2, 0.25) is 0 Å². The van der Waals surface area contributed by atoms with E-state index >= 15 is 0 Å². The summed E-state index contributed by atoms with van der Waals surface area (Å²) in [6, 6.07) is 5.67. The Morgan fingerprint density at radius 2 is 2.15 bits per heavy atom. The Morgan fingerprint density at radius 1 is 1.31 bits per heavy atom. The van der Waals surface area contributed by atoms with Crippen molar-refractivity contribution in [3.63, 3.8) is 0 Å². The van der Waals surface area contributed by atoms with Crippen LogP contribution in [0.1, 0.15) is 0 Å². The third kappa shape index (κ3) is 1.84. The highest BCUT2D eigenvalue weighted by molar-refractivity contribution is 9.11. The molecular weight excluding hydrogens is 298 g/mol. The van der Waals surface area contributed by atoms with Crippen LogP contribution in [0.5, 0.6) is 0 Å². The maximum Gasteiger partial charge on any atom is 0.135 e. The molecular formula is C9H5Br2NO. The fourth-order valence-electron chi connectivity index (χ4n) is 1.03. The van der Waals surface area contributed by atoms with Crippen LogP contribution in [0.15, 0.2) is 44.2 Å². The van der Waals surface area contributed by atoms with Gasteiger partial charge in [-0.05, 0) is 50.1 Å². The summed E-state index contributed by atoms with van der Waals surface area (Å²) in [5.74, 6) is 0.829. The Kier molecular flexibility index (Phi) is 2.51. The summed E-state index contributed by atoms with van der Waals surface area (Å²) in [5, 5.41) is 0. The van der Waals surface area contributed by atoms with E-state index in [1.54, 1.807) is 12.5 Å². The van der Waals surface area contributed by atoms with E-state index in [4.69, 9.17) is 4.42 Å². The van der Waals surface area contributed by atoms with Crippen LogP contribution >= 0.6 is 31.9 Å². The van der Waals surface area contributed by atoms with Gasteiger partial charge in [-0.2, -0.15) is 0 Å². The summed E-state index contributed by atoms with van der Waals surface area (Å²) in [6.45, 7) is 0. The highest BCUT2D eigenvalue weighted by atomic mass is 79.9. The molecule has 0 spiro atoms. The molecule has 0 atom stereocenters. The van der Waals surface area contributed by atoms with Gasteiger partial charge in [-0.15, -0.1) is 0 Å². The Balaban J connectivity index is 2.57. The molecule has 0 N–H and O–H groups in total. The molecule has 0 amide bonds. The van der Waals surface area contributed by atoms with Crippen LogP contribution in [0.2, 0.25) is 0 Å². The maximum atomic E-state index is 5.28. The van der Waals surface area contributed by atoms with Crippen molar-refractivity contribution in [1.82, 2.24) is 4.98 Å². The van der Waals surface area contributed by atoms with Crippen molar-refractivity contribution in [1.29, 1.82) is 0 Å². The number of nitrogens with zero attached hydrogens (tertiary/aromatic N) is 1. The number of furan rings is 1. The van der Waals surface area contributed by atoms with Gasteiger partial charge in [-0.25, -0.2) is 4.98 Å². The van der Waals surface area contributed by atoms with Gasteiger partial charge in [0.15, 0.2) is 0 Å². The van der Waals surface area contributed by atoms with Gasteiger partial charge in [0, 0.05) is 16.2 Å². The second kappa shape index (κ2) is 3.64. The zero-order chi connectivity index (χ0) is 9.26. The molecule has 2 aromatic rings. The lowest BCUT2D eigenvalue weighted by atomic mass is 10.2. The highest BCUT2D eigenvalue weighted by Crippen LogP contribution is 2.29. The van der Waals surface area contributed by atoms with Crippen LogP contribution in [0.4, 0.5) is 0 Å². The first-order valence-electron chi connectivity index (χ1n) is 3.62. The lowest BCUT2D eigenvalue weighted by Gasteiger charge is -2.00. The van der Waals surface area contributed by atoms with Gasteiger partial charge in [0.05, 0.1) is 6.26 Å². The Hall–Kier alpha value is -0.610. The summed E-state index contributed by atoms with van der Waals surface area (Å²) in [6.07, 6.45) is 3.39. The standard InChI is InChI=1S/C9H5Br2NO/c10-7-5-12-9(11)4-6(7)8-2-1-3-13-8/h1-5H. The minimum Gasteiger partial charge on any atom is -0.464 e. The number of rotatable bonds is 1. The van der Waals surface area contributed by atoms with Gasteiger partial charge in [0.1, 0.15) is 10.4 Å². The van der Waals surface area contributed by atoms with E-state index in [9.17, 15) is 0 Å². The lowest BCUT2D eigenvalue weighted by molar-refractivity contribution is 0.582. The number of hydrogen-bond acceptors (Lipinski definition) is 2. The summed E-state index contributed by atoms with van der Waals surface area (Å²) < 4.78 is 6.99. The molecule has 0 aliphatic heterocycles. The molecule has 0 aliphatic rings. The van der Waals surface area contributed by atoms with Crippen molar-refractivity contribution in [3.05, 3.63) is 39.7 Å². The molecule has 0 aliphatic carbocycles. The van der Waals surface area contributed by atoms with Crippen LogP contribution in [-0.4, -0.2) is 4.98 Å². The minimum absolute atomic E-state index is 0.794. The average Bonchev–Trinajstić information content (AvgIpc) is 2.61. The highest BCUT2D eigenvalue weighted by Gasteiger charge is 2.06. The first-order chi connectivity index (χ1) is 6.27. The van der Waals surface area contributed by atoms with Crippen molar-refractivity contribution in [3.8, 4) is 11.3 Å². The first-order valence-corrected chi connectivity index (χ1v) is 5.21. The van der Waals surface area contributed by atoms with E-state index in [1.807, 2.05) is 18.2 Å². The molecule has 66 valence electrons. The molecule has 4 heteroatoms. The van der Waals surface area contributed by atoms with Gasteiger partial charge < -0.3 is 4.42 Å². The van der Waals surface area contributed by atoms with Crippen molar-refractivity contribution >= 4 is 31.9 Å². The normalized spacial score (nSPS) is 10.3. The second-order valence-electron chi connectivity index (χ2n) is 2.46. The quantitative estimate of drug-likeness (QED) is 0.748. The largest absolute Gasteiger partial charge is 0.464 e. The maximum absolute atomic E-state index is 5.28. The van der Waals surface area contributed by atoms with Gasteiger partial charge in [-0.3, -0.25) is 0 Å². The Labute approximate surface area is 92.2 Å². The molecule has 0 unspecified atom stereocenters. The first kappa shape index (κ1) is 8.97. The van der Waals surface area contributed by atoms with Crippen molar-refractivity contribution in [2.75, 3.05) is 0 Å². The SMILES string of the molecule is Brc1cc(-c2ccco2)c(Br)cn1. The number of pyridine rings is 1. The molecule has 0 saturated heterocycles. The van der Waals surface area contributed by atoms with E-state index in [-0.39, 0.29) is 0 Å². The van der Waals surface area contributed by atoms with Crippen LogP contribution in [0.3, 0.4) is 0 Å². The fourth-order valence-corrected chi connectivity index (χ4v) is 1.78. The fraction of sp³-hybridized carbons (Fsp3) is 0. The molecule has 2 heterocycles. The zero-order valence-corrected chi connectivity index (χ0v) is 9.67. The zero-order valence-electron chi connectivity index (χ0n) is 6.50. The number of hydrogen-bond donors (Lipinski definition) is 0. The van der Waals surface area contributed by atoms with Gasteiger partial charge in [0.25, 0.3) is 0 Å². The van der Waals surface area contributed by atoms with E-state index in [0.29, 0.717) is 0 Å². The second-order valence-corrected chi connectivity index (χ2v) is 4.13. The van der Waals surface area contributed by atoms with Crippen LogP contribution in [-0.2, 0) is 0 Å². The molecule has 2 aromatic heterocycles. The third-order valence-electron chi connectivity index (χ3n) is 1.61. The average molecular weight is 303 g/mol. The molecule has 2 nitrogen and oxygen atoms in total. The molecule has 13 heavy (non-hydrogen) atoms. The summed E-state index contributed by atoms with van der Waals surface area (Å²) in [4.78, 5) is 4.08. The molecule has 2 rings (SSSR count). The predicted molar refractivity (Wildman–Crippen MR) is 57.3 cm³/mol. The molecule has 0 saturated carbocycles. The minimum atomic E-state index is 0.794. The van der Waals surface area contributed by atoms with E-state index in [1.165, 1.54) is 0 Å². The van der Waals surface area contributed by atoms with E-state index in [2.05, 4.69) is 36.8 Å². The predicted octanol–water partition coefficient (Wildman–Crippen LogP) is 3.87. The topological polar surface area (TPSA) is 26.0 Å². The molecule has 0 radical (unpaired) electrons. The number of halogens is 2. The monoisotopic (exact) mass is 301 g/mol. The summed E-state index contributed by atoms with van der Waals surface area (Å²) in [5.41, 5.74) is 0.992. The van der Waals surface area contributed by atoms with Crippen LogP contribution in [0.25, 0.3) is 11.3 Å². The van der Waals surface area contributed by atoms with E-state index < -0.39 is 0 Å². The van der Waals surface area contributed by atoms with Gasteiger partial charge in [-0.1, -0.05) is 0 Å². The number of aromatic nitrogens is 1. The molecule has 0 aromatic carbocycles. The summed E-state index contributed by atoms with van der Waals surface area (Å²) in [7, 11) is 0. The summed E-state index contributed by atoms with van der Waals surface area (Å²) >= 11 is 6.72. The lowest BCUT2D eigenvalue weighted by Crippen LogP contribution is -1.80. The van der Waals surface area contributed by atoms with E-state index in [0.717, 1.165) is 20.4 Å². The van der Waals surface area contributed by atoms with Crippen molar-refractivity contribution < 1.29 is 4.42 Å². The van der Waals surface area contributed by atoms with Crippen LogP contribution in [0, 0.1) is 0 Å². The van der Waals surface area contributed by atoms with Crippen LogP contribution < -0.4 is 0 Å². The molecule has 0 bridgehead atoms. The van der Waals surface area contributed by atoms with Gasteiger partial charge >= 0.3 is 0 Å². The molecule has 0 fully saturated rings. The van der Waals surface area contributed by atoms with Crippen molar-refractivity contribution in [2.24, 2.45) is 0 Å². The Morgan fingerprint density at radius 3 is 2.85 bits per heavy atom.